The van der Waals surface area contributed by atoms with Gasteiger partial charge in [0.1, 0.15) is 17.2 Å². The van der Waals surface area contributed by atoms with Crippen LogP contribution >= 0.6 is 22.7 Å². The summed E-state index contributed by atoms with van der Waals surface area (Å²) in [5.41, 5.74) is 12.9. The summed E-state index contributed by atoms with van der Waals surface area (Å²) in [5, 5.41) is 23.3. The first-order valence-electron chi connectivity index (χ1n) is 24.9. The Kier molecular flexibility index (Phi) is 8.85. The number of rotatable bonds is 5. The van der Waals surface area contributed by atoms with Crippen LogP contribution in [0.15, 0.2) is 223 Å². The van der Waals surface area contributed by atoms with Gasteiger partial charge in [-0.3, -0.25) is 0 Å². The highest BCUT2D eigenvalue weighted by molar-refractivity contribution is 7.27. The number of fused-ring (bicyclic) bond motifs is 17. The molecule has 346 valence electrons. The fourth-order valence-corrected chi connectivity index (χ4v) is 14.7. The second-order valence-corrected chi connectivity index (χ2v) is 21.3. The lowest BCUT2D eigenvalue weighted by atomic mass is 9.88. The van der Waals surface area contributed by atoms with E-state index in [1.165, 1.54) is 20.2 Å². The van der Waals surface area contributed by atoms with Crippen molar-refractivity contribution < 1.29 is 4.42 Å². The quantitative estimate of drug-likeness (QED) is 0.161. The molecule has 7 heteroatoms. The molecule has 16 rings (SSSR count). The van der Waals surface area contributed by atoms with Crippen LogP contribution in [0.3, 0.4) is 0 Å². The second-order valence-electron chi connectivity index (χ2n) is 19.2. The third-order valence-electron chi connectivity index (χ3n) is 15.4. The summed E-state index contributed by atoms with van der Waals surface area (Å²) in [6.07, 6.45) is 0. The maximum atomic E-state index is 12.5. The van der Waals surface area contributed by atoms with Gasteiger partial charge in [0, 0.05) is 80.0 Å². The average Bonchev–Trinajstić information content (AvgIpc) is 4.32. The minimum atomic E-state index is 0.393. The van der Waals surface area contributed by atoms with Crippen molar-refractivity contribution in [2.24, 2.45) is 0 Å². The van der Waals surface area contributed by atoms with Crippen molar-refractivity contribution in [3.05, 3.63) is 235 Å². The van der Waals surface area contributed by atoms with Crippen molar-refractivity contribution in [3.63, 3.8) is 0 Å². The average molecular weight is 989 g/mol. The van der Waals surface area contributed by atoms with E-state index in [-0.39, 0.29) is 0 Å². The number of furan rings is 1. The number of benzene rings is 11. The predicted octanol–water partition coefficient (Wildman–Crippen LogP) is 19.9. The highest BCUT2D eigenvalue weighted by atomic mass is 32.1. The lowest BCUT2D eigenvalue weighted by Crippen LogP contribution is -2.08. The van der Waals surface area contributed by atoms with Gasteiger partial charge in [-0.05, 0) is 47.0 Å². The third-order valence-corrected chi connectivity index (χ3v) is 17.8. The molecule has 0 aliphatic heterocycles. The zero-order chi connectivity index (χ0) is 49.5. The number of hydrogen-bond acceptors (Lipinski definition) is 4. The normalized spacial score (nSPS) is 12.0. The number of nitriles is 1. The van der Waals surface area contributed by atoms with E-state index in [2.05, 4.69) is 203 Å². The first-order valence-corrected chi connectivity index (χ1v) is 26.6. The fourth-order valence-electron chi connectivity index (χ4n) is 12.3. The highest BCUT2D eigenvalue weighted by Crippen LogP contribution is 2.55. The molecule has 0 fully saturated rings. The van der Waals surface area contributed by atoms with E-state index in [4.69, 9.17) is 9.26 Å². The summed E-state index contributed by atoms with van der Waals surface area (Å²) < 4.78 is 15.9. The summed E-state index contributed by atoms with van der Waals surface area (Å²) in [4.78, 5) is 4.76. The summed E-state index contributed by atoms with van der Waals surface area (Å²) in [5.74, 6) is 0. The van der Waals surface area contributed by atoms with Crippen LogP contribution in [0.1, 0.15) is 5.56 Å². The Morgan fingerprint density at radius 2 is 0.933 bits per heavy atom. The number of thiophene rings is 2. The molecule has 0 saturated carbocycles. The summed E-state index contributed by atoms with van der Waals surface area (Å²) in [6, 6.07) is 79.6. The molecule has 0 radical (unpaired) electrons. The van der Waals surface area contributed by atoms with Crippen molar-refractivity contribution in [2.45, 2.75) is 0 Å². The maximum Gasteiger partial charge on any atom is 0.221 e. The molecule has 0 amide bonds. The van der Waals surface area contributed by atoms with E-state index in [1.807, 2.05) is 30.3 Å². The van der Waals surface area contributed by atoms with Crippen molar-refractivity contribution >= 4 is 134 Å². The number of para-hydroxylation sites is 2. The molecule has 0 N–H and O–H groups in total. The minimum Gasteiger partial charge on any atom is -0.456 e. The Morgan fingerprint density at radius 3 is 1.55 bits per heavy atom. The van der Waals surface area contributed by atoms with Crippen LogP contribution in [-0.2, 0) is 0 Å². The van der Waals surface area contributed by atoms with Crippen LogP contribution in [-0.4, -0.2) is 9.13 Å². The van der Waals surface area contributed by atoms with Crippen LogP contribution in [0.25, 0.3) is 155 Å². The standard InChI is InChI=1S/C68H36N4OS2/c1-70-61-60(41-22-9-4-10-23-41)66(71-54-36-52-43-24-11-14-29-55(43)73-56(52)37-51(54)46-28-17-27-42(62(46)71)39-18-5-2-6-19-39)59(40-20-7-3-8-21-40)53(38-69)63(61)72-64-47(32-34-49-44-25-12-15-30-57(44)74-67(49)64)48-33-35-50-45-26-13-16-31-58(45)75-68(50)65(48)72/h2-37H. The Morgan fingerprint density at radius 1 is 0.413 bits per heavy atom. The Bertz CT molecular complexity index is 4990. The molecular formula is C68H36N4OS2. The molecule has 75 heavy (non-hydrogen) atoms. The van der Waals surface area contributed by atoms with Crippen molar-refractivity contribution in [1.82, 2.24) is 9.13 Å². The first-order chi connectivity index (χ1) is 37.2. The lowest BCUT2D eigenvalue weighted by molar-refractivity contribution is 0.669. The second kappa shape index (κ2) is 15.9. The summed E-state index contributed by atoms with van der Waals surface area (Å²) >= 11 is 3.54. The van der Waals surface area contributed by atoms with Crippen LogP contribution in [0, 0.1) is 17.9 Å². The largest absolute Gasteiger partial charge is 0.456 e. The van der Waals surface area contributed by atoms with E-state index in [0.717, 1.165) is 125 Å². The van der Waals surface area contributed by atoms with Crippen LogP contribution in [0.4, 0.5) is 5.69 Å². The molecule has 0 aliphatic carbocycles. The number of hydrogen-bond donors (Lipinski definition) is 0. The van der Waals surface area contributed by atoms with Gasteiger partial charge in [-0.2, -0.15) is 5.26 Å². The van der Waals surface area contributed by atoms with Crippen molar-refractivity contribution in [1.29, 1.82) is 5.26 Å². The molecule has 11 aromatic carbocycles. The Hall–Kier alpha value is -9.76. The topological polar surface area (TPSA) is 51.1 Å². The smallest absolute Gasteiger partial charge is 0.221 e. The van der Waals surface area contributed by atoms with Gasteiger partial charge in [-0.1, -0.05) is 188 Å². The molecule has 5 aromatic heterocycles. The summed E-state index contributed by atoms with van der Waals surface area (Å²) in [7, 11) is 0. The van der Waals surface area contributed by atoms with E-state index in [9.17, 15) is 11.8 Å². The van der Waals surface area contributed by atoms with Crippen LogP contribution in [0.2, 0.25) is 0 Å². The molecule has 0 spiro atoms. The lowest BCUT2D eigenvalue weighted by Gasteiger charge is -2.26. The van der Waals surface area contributed by atoms with Crippen molar-refractivity contribution in [2.75, 3.05) is 0 Å². The van der Waals surface area contributed by atoms with Gasteiger partial charge in [0.15, 0.2) is 0 Å². The minimum absolute atomic E-state index is 0.393. The zero-order valence-corrected chi connectivity index (χ0v) is 41.4. The first kappa shape index (κ1) is 41.8. The SMILES string of the molecule is [C-]#[N+]c1c(-c2ccccc2)c(-n2c3cc4c(cc3c3cccc(-c5ccccc5)c32)oc2ccccc24)c(-c2ccccc2)c(C#N)c1-n1c2c(ccc3c4ccccc4sc32)c2ccc3c4ccccc4sc3c21. The predicted molar refractivity (Wildman–Crippen MR) is 315 cm³/mol. The third kappa shape index (κ3) is 5.79. The molecule has 0 bridgehead atoms. The fraction of sp³-hybridized carbons (Fsp3) is 0. The van der Waals surface area contributed by atoms with E-state index in [1.54, 1.807) is 22.7 Å². The molecule has 5 heterocycles. The van der Waals surface area contributed by atoms with Crippen LogP contribution < -0.4 is 0 Å². The van der Waals surface area contributed by atoms with Gasteiger partial charge in [0.25, 0.3) is 0 Å². The van der Waals surface area contributed by atoms with Gasteiger partial charge in [-0.25, -0.2) is 4.85 Å². The summed E-state index contributed by atoms with van der Waals surface area (Å²) in [6.45, 7) is 9.73. The molecule has 0 unspecified atom stereocenters. The van der Waals surface area contributed by atoms with E-state index in [0.29, 0.717) is 16.9 Å². The van der Waals surface area contributed by atoms with E-state index < -0.39 is 0 Å². The number of aromatic nitrogens is 2. The molecule has 0 aliphatic rings. The van der Waals surface area contributed by atoms with Gasteiger partial charge in [-0.15, -0.1) is 22.7 Å². The van der Waals surface area contributed by atoms with Gasteiger partial charge in [0.05, 0.1) is 55.0 Å². The number of nitrogens with zero attached hydrogens (tertiary/aromatic N) is 4. The highest BCUT2D eigenvalue weighted by Gasteiger charge is 2.34. The van der Waals surface area contributed by atoms with Gasteiger partial charge < -0.3 is 13.6 Å². The molecule has 0 atom stereocenters. The van der Waals surface area contributed by atoms with E-state index >= 15 is 0 Å². The van der Waals surface area contributed by atoms with Gasteiger partial charge in [0.2, 0.25) is 5.69 Å². The molecular weight excluding hydrogens is 953 g/mol. The Balaban J connectivity index is 1.19. The molecule has 0 saturated heterocycles. The van der Waals surface area contributed by atoms with Gasteiger partial charge >= 0.3 is 0 Å². The monoisotopic (exact) mass is 988 g/mol. The maximum absolute atomic E-state index is 12.5. The molecule has 16 aromatic rings. The van der Waals surface area contributed by atoms with Crippen molar-refractivity contribution in [3.8, 4) is 50.8 Å². The Labute approximate surface area is 436 Å². The zero-order valence-electron chi connectivity index (χ0n) is 39.8. The van der Waals surface area contributed by atoms with Crippen LogP contribution in [0.5, 0.6) is 0 Å². The molecule has 5 nitrogen and oxygen atoms in total.